The van der Waals surface area contributed by atoms with Crippen molar-refractivity contribution in [3.8, 4) is 22.0 Å². The predicted molar refractivity (Wildman–Crippen MR) is 129 cm³/mol. The average molecular weight is 480 g/mol. The third-order valence-corrected chi connectivity index (χ3v) is 6.87. The Labute approximate surface area is 200 Å². The van der Waals surface area contributed by atoms with Crippen LogP contribution in [0.3, 0.4) is 0 Å². The smallest absolute Gasteiger partial charge is 0.250 e. The van der Waals surface area contributed by atoms with E-state index in [1.807, 2.05) is 60.3 Å². The zero-order valence-corrected chi connectivity index (χ0v) is 19.5. The molecule has 0 bridgehead atoms. The summed E-state index contributed by atoms with van der Waals surface area (Å²) < 4.78 is 8.47. The van der Waals surface area contributed by atoms with Gasteiger partial charge in [-0.2, -0.15) is 5.10 Å². The second-order valence-electron chi connectivity index (χ2n) is 7.99. The van der Waals surface area contributed by atoms with Gasteiger partial charge in [-0.15, -0.1) is 11.3 Å². The monoisotopic (exact) mass is 479 g/mol. The lowest BCUT2D eigenvalue weighted by Gasteiger charge is -2.23. The van der Waals surface area contributed by atoms with Gasteiger partial charge in [-0.1, -0.05) is 35.9 Å². The Morgan fingerprint density at radius 1 is 1.18 bits per heavy atom. The van der Waals surface area contributed by atoms with Crippen molar-refractivity contribution in [2.75, 3.05) is 13.2 Å². The molecule has 0 aliphatic carbocycles. The maximum Gasteiger partial charge on any atom is 0.250 e. The SMILES string of the molecule is Cc1cccc(-n2cc([C@H]3OCC(=O)N3CCc3ccc(O)cc3)c(-c3ccc(Cl)s3)n2)c1. The highest BCUT2D eigenvalue weighted by Crippen LogP contribution is 2.39. The molecule has 6 nitrogen and oxygen atoms in total. The van der Waals surface area contributed by atoms with E-state index in [9.17, 15) is 9.90 Å². The lowest BCUT2D eigenvalue weighted by molar-refractivity contribution is -0.128. The molecule has 0 unspecified atom stereocenters. The van der Waals surface area contributed by atoms with Gasteiger partial charge >= 0.3 is 0 Å². The zero-order chi connectivity index (χ0) is 22.9. The Bertz CT molecular complexity index is 1300. The molecule has 4 aromatic rings. The number of ether oxygens (including phenoxy) is 1. The van der Waals surface area contributed by atoms with Crippen molar-refractivity contribution < 1.29 is 14.6 Å². The van der Waals surface area contributed by atoms with Crippen LogP contribution in [0, 0.1) is 6.92 Å². The molecular formula is C25H22ClN3O3S. The number of amides is 1. The second kappa shape index (κ2) is 9.02. The third kappa shape index (κ3) is 4.53. The van der Waals surface area contributed by atoms with Crippen LogP contribution >= 0.6 is 22.9 Å². The van der Waals surface area contributed by atoms with Gasteiger partial charge in [-0.25, -0.2) is 4.68 Å². The molecule has 0 saturated carbocycles. The molecule has 168 valence electrons. The fourth-order valence-electron chi connectivity index (χ4n) is 3.97. The molecule has 1 aliphatic rings. The fourth-order valence-corrected chi connectivity index (χ4v) is 5.02. The van der Waals surface area contributed by atoms with Crippen LogP contribution in [-0.2, 0) is 16.0 Å². The van der Waals surface area contributed by atoms with Gasteiger partial charge in [0.2, 0.25) is 0 Å². The first-order valence-electron chi connectivity index (χ1n) is 10.6. The van der Waals surface area contributed by atoms with Gasteiger partial charge < -0.3 is 14.7 Å². The van der Waals surface area contributed by atoms with E-state index in [1.54, 1.807) is 17.0 Å². The summed E-state index contributed by atoms with van der Waals surface area (Å²) in [7, 11) is 0. The summed E-state index contributed by atoms with van der Waals surface area (Å²) in [6.07, 6.45) is 2.05. The van der Waals surface area contributed by atoms with Gasteiger partial charge in [0.15, 0.2) is 6.23 Å². The van der Waals surface area contributed by atoms with E-state index >= 15 is 0 Å². The molecule has 1 saturated heterocycles. The highest BCUT2D eigenvalue weighted by Gasteiger charge is 2.36. The van der Waals surface area contributed by atoms with E-state index < -0.39 is 6.23 Å². The first kappa shape index (κ1) is 21.7. The summed E-state index contributed by atoms with van der Waals surface area (Å²) >= 11 is 7.66. The van der Waals surface area contributed by atoms with Crippen molar-refractivity contribution >= 4 is 28.8 Å². The standard InChI is InChI=1S/C25H22ClN3O3S/c1-16-3-2-4-18(13-16)29-14-20(24(27-29)21-9-10-22(26)33-21)25-28(23(31)15-32-25)12-11-17-5-7-19(30)8-6-17/h2-10,13-14,25,30H,11-12,15H2,1H3/t25-/m1/s1. The number of phenolic OH excluding ortho intramolecular Hbond substituents is 1. The van der Waals surface area contributed by atoms with Crippen molar-refractivity contribution in [3.05, 3.63) is 87.9 Å². The highest BCUT2D eigenvalue weighted by atomic mass is 35.5. The molecule has 8 heteroatoms. The van der Waals surface area contributed by atoms with E-state index in [0.717, 1.165) is 32.9 Å². The fraction of sp³-hybridized carbons (Fsp3) is 0.200. The van der Waals surface area contributed by atoms with Gasteiger partial charge in [0.1, 0.15) is 18.1 Å². The van der Waals surface area contributed by atoms with Gasteiger partial charge in [0.25, 0.3) is 5.91 Å². The van der Waals surface area contributed by atoms with E-state index in [1.165, 1.54) is 11.3 Å². The van der Waals surface area contributed by atoms with Crippen molar-refractivity contribution in [3.63, 3.8) is 0 Å². The lowest BCUT2D eigenvalue weighted by Crippen LogP contribution is -2.30. The van der Waals surface area contributed by atoms with Crippen molar-refractivity contribution in [2.45, 2.75) is 19.6 Å². The molecule has 1 fully saturated rings. The minimum Gasteiger partial charge on any atom is -0.508 e. The molecule has 33 heavy (non-hydrogen) atoms. The van der Waals surface area contributed by atoms with Crippen molar-refractivity contribution in [1.29, 1.82) is 0 Å². The maximum absolute atomic E-state index is 12.7. The van der Waals surface area contributed by atoms with Crippen LogP contribution in [-0.4, -0.2) is 38.8 Å². The Morgan fingerprint density at radius 2 is 2.00 bits per heavy atom. The average Bonchev–Trinajstić information content (AvgIpc) is 3.51. The summed E-state index contributed by atoms with van der Waals surface area (Å²) in [5.41, 5.74) is 4.68. The summed E-state index contributed by atoms with van der Waals surface area (Å²) in [6.45, 7) is 2.56. The molecule has 0 spiro atoms. The van der Waals surface area contributed by atoms with Crippen molar-refractivity contribution in [1.82, 2.24) is 14.7 Å². The molecule has 5 rings (SSSR count). The quantitative estimate of drug-likeness (QED) is 0.404. The van der Waals surface area contributed by atoms with Gasteiger partial charge in [0, 0.05) is 18.3 Å². The Balaban J connectivity index is 1.50. The maximum atomic E-state index is 12.7. The molecule has 3 heterocycles. The minimum absolute atomic E-state index is 0.0283. The number of carbonyl (C=O) groups is 1. The first-order chi connectivity index (χ1) is 16.0. The number of carbonyl (C=O) groups excluding carboxylic acids is 1. The van der Waals surface area contributed by atoms with Gasteiger partial charge in [0.05, 0.1) is 14.9 Å². The van der Waals surface area contributed by atoms with Crippen molar-refractivity contribution in [2.24, 2.45) is 0 Å². The topological polar surface area (TPSA) is 67.6 Å². The normalized spacial score (nSPS) is 16.0. The first-order valence-corrected chi connectivity index (χ1v) is 11.8. The summed E-state index contributed by atoms with van der Waals surface area (Å²) in [5.74, 6) is 0.164. The van der Waals surface area contributed by atoms with Crippen LogP contribution in [0.4, 0.5) is 0 Å². The Kier molecular flexibility index (Phi) is 5.93. The summed E-state index contributed by atoms with van der Waals surface area (Å²) in [5, 5.41) is 14.4. The van der Waals surface area contributed by atoms with Crippen LogP contribution in [0.25, 0.3) is 16.3 Å². The van der Waals surface area contributed by atoms with E-state index in [-0.39, 0.29) is 18.3 Å². The predicted octanol–water partition coefficient (Wildman–Crippen LogP) is 5.37. The molecule has 1 aliphatic heterocycles. The Morgan fingerprint density at radius 3 is 2.73 bits per heavy atom. The zero-order valence-electron chi connectivity index (χ0n) is 17.9. The van der Waals surface area contributed by atoms with Gasteiger partial charge in [-0.3, -0.25) is 4.79 Å². The highest BCUT2D eigenvalue weighted by molar-refractivity contribution is 7.19. The van der Waals surface area contributed by atoms with E-state index in [4.69, 9.17) is 21.4 Å². The van der Waals surface area contributed by atoms with Crippen LogP contribution in [0.1, 0.15) is 22.9 Å². The number of aromatic hydroxyl groups is 1. The van der Waals surface area contributed by atoms with E-state index in [2.05, 4.69) is 6.07 Å². The lowest BCUT2D eigenvalue weighted by atomic mass is 10.1. The summed E-state index contributed by atoms with van der Waals surface area (Å²) in [6, 6.07) is 18.9. The van der Waals surface area contributed by atoms with E-state index in [0.29, 0.717) is 17.3 Å². The number of aryl methyl sites for hydroxylation is 1. The number of benzene rings is 2. The van der Waals surface area contributed by atoms with Crippen LogP contribution in [0.5, 0.6) is 5.75 Å². The number of rotatable bonds is 6. The number of hydrogen-bond donors (Lipinski definition) is 1. The van der Waals surface area contributed by atoms with Crippen LogP contribution < -0.4 is 0 Å². The number of aromatic nitrogens is 2. The molecule has 1 amide bonds. The Hall–Kier alpha value is -3.13. The largest absolute Gasteiger partial charge is 0.508 e. The number of hydrogen-bond acceptors (Lipinski definition) is 5. The van der Waals surface area contributed by atoms with Crippen LogP contribution in [0.2, 0.25) is 4.34 Å². The molecule has 2 aromatic carbocycles. The second-order valence-corrected chi connectivity index (χ2v) is 9.70. The molecule has 1 atom stereocenters. The number of nitrogens with zero attached hydrogens (tertiary/aromatic N) is 3. The van der Waals surface area contributed by atoms with Gasteiger partial charge in [-0.05, 0) is 60.9 Å². The van der Waals surface area contributed by atoms with Crippen LogP contribution in [0.15, 0.2) is 66.9 Å². The number of phenols is 1. The molecule has 0 radical (unpaired) electrons. The minimum atomic E-state index is -0.538. The molecule has 1 N–H and O–H groups in total. The number of thiophene rings is 1. The molecule has 2 aromatic heterocycles. The third-order valence-electron chi connectivity index (χ3n) is 5.63. The number of halogens is 1. The molecular weight excluding hydrogens is 458 g/mol. The summed E-state index contributed by atoms with van der Waals surface area (Å²) in [4.78, 5) is 15.4.